The molecule has 0 N–H and O–H groups in total. The van der Waals surface area contributed by atoms with Gasteiger partial charge in [0.2, 0.25) is 0 Å². The van der Waals surface area contributed by atoms with Gasteiger partial charge in [0, 0.05) is 0 Å². The van der Waals surface area contributed by atoms with Gasteiger partial charge >= 0.3 is 11.9 Å². The van der Waals surface area contributed by atoms with Crippen molar-refractivity contribution in [3.63, 3.8) is 0 Å². The Labute approximate surface area is 136 Å². The lowest BCUT2D eigenvalue weighted by Crippen LogP contribution is -2.20. The molecule has 0 radical (unpaired) electrons. The lowest BCUT2D eigenvalue weighted by molar-refractivity contribution is -0.154. The second kappa shape index (κ2) is 16.3. The highest BCUT2D eigenvalue weighted by Crippen LogP contribution is 2.08. The van der Waals surface area contributed by atoms with Crippen molar-refractivity contribution in [3.05, 3.63) is 0 Å². The van der Waals surface area contributed by atoms with Crippen molar-refractivity contribution in [2.45, 2.75) is 86.0 Å². The van der Waals surface area contributed by atoms with Gasteiger partial charge in [-0.15, -0.1) is 0 Å². The van der Waals surface area contributed by atoms with Crippen LogP contribution in [0.25, 0.3) is 0 Å². The van der Waals surface area contributed by atoms with Gasteiger partial charge in [-0.05, 0) is 12.8 Å². The molecule has 0 spiro atoms. The lowest BCUT2D eigenvalue weighted by Gasteiger charge is -2.11. The fourth-order valence-electron chi connectivity index (χ4n) is 1.95. The Kier molecular flexibility index (Phi) is 17.2. The maximum absolute atomic E-state index is 11.7. The maximum Gasteiger partial charge on any atom is 0.309 e. The van der Waals surface area contributed by atoms with E-state index < -0.39 is 5.92 Å². The molecule has 0 heterocycles. The topological polar surface area (TPSA) is 52.6 Å². The predicted molar refractivity (Wildman–Crippen MR) is 90.7 cm³/mol. The SMILES string of the molecule is C.CCCCCCOC(=O)C[C@@H](C)C(=O)OCCCCCC. The van der Waals surface area contributed by atoms with Crippen LogP contribution < -0.4 is 0 Å². The monoisotopic (exact) mass is 316 g/mol. The zero-order valence-corrected chi connectivity index (χ0v) is 14.0. The average molecular weight is 316 g/mol. The van der Waals surface area contributed by atoms with Gasteiger partial charge in [-0.2, -0.15) is 0 Å². The van der Waals surface area contributed by atoms with Gasteiger partial charge in [-0.1, -0.05) is 66.7 Å². The fraction of sp³-hybridized carbons (Fsp3) is 0.889. The number of hydrogen-bond acceptors (Lipinski definition) is 4. The minimum atomic E-state index is -0.417. The number of esters is 2. The van der Waals surface area contributed by atoms with E-state index >= 15 is 0 Å². The summed E-state index contributed by atoms with van der Waals surface area (Å²) in [6.07, 6.45) is 8.72. The van der Waals surface area contributed by atoms with Crippen molar-refractivity contribution in [2.75, 3.05) is 13.2 Å². The van der Waals surface area contributed by atoms with E-state index in [9.17, 15) is 9.59 Å². The first-order valence-corrected chi connectivity index (χ1v) is 8.44. The number of rotatable bonds is 13. The van der Waals surface area contributed by atoms with E-state index in [1.165, 1.54) is 0 Å². The third-order valence-corrected chi connectivity index (χ3v) is 3.38. The van der Waals surface area contributed by atoms with Gasteiger partial charge in [-0.3, -0.25) is 9.59 Å². The van der Waals surface area contributed by atoms with E-state index in [-0.39, 0.29) is 25.8 Å². The summed E-state index contributed by atoms with van der Waals surface area (Å²) < 4.78 is 10.3. The van der Waals surface area contributed by atoms with Gasteiger partial charge in [0.15, 0.2) is 0 Å². The summed E-state index contributed by atoms with van der Waals surface area (Å²) in [6.45, 7) is 6.91. The molecule has 0 rings (SSSR count). The standard InChI is InChI=1S/C17H32O4.CH4/c1-4-6-8-10-12-20-16(18)14-15(3)17(19)21-13-11-9-7-5-2;/h15H,4-14H2,1-3H3;1H4/t15-;/m1./s1. The molecule has 132 valence electrons. The summed E-state index contributed by atoms with van der Waals surface area (Å²) in [5.74, 6) is -1.02. The van der Waals surface area contributed by atoms with Crippen LogP contribution in [0.2, 0.25) is 0 Å². The van der Waals surface area contributed by atoms with Crippen molar-refractivity contribution >= 4 is 11.9 Å². The normalized spacial score (nSPS) is 11.4. The molecule has 0 unspecified atom stereocenters. The zero-order chi connectivity index (χ0) is 15.9. The number of ether oxygens (including phenoxy) is 2. The molecular weight excluding hydrogens is 280 g/mol. The van der Waals surface area contributed by atoms with Gasteiger partial charge in [0.05, 0.1) is 25.6 Å². The van der Waals surface area contributed by atoms with Crippen LogP contribution in [0.4, 0.5) is 0 Å². The summed E-state index contributed by atoms with van der Waals surface area (Å²) in [5.41, 5.74) is 0. The molecular formula is C18H36O4. The summed E-state index contributed by atoms with van der Waals surface area (Å²) in [6, 6.07) is 0. The van der Waals surface area contributed by atoms with E-state index in [4.69, 9.17) is 9.47 Å². The molecule has 0 aromatic rings. The quantitative estimate of drug-likeness (QED) is 0.358. The summed E-state index contributed by atoms with van der Waals surface area (Å²) >= 11 is 0. The highest BCUT2D eigenvalue weighted by atomic mass is 16.5. The number of carbonyl (C=O) groups is 2. The second-order valence-corrected chi connectivity index (χ2v) is 5.61. The number of unbranched alkanes of at least 4 members (excludes halogenated alkanes) is 6. The molecule has 0 fully saturated rings. The molecule has 0 amide bonds. The van der Waals surface area contributed by atoms with E-state index in [0.717, 1.165) is 51.4 Å². The summed E-state index contributed by atoms with van der Waals surface area (Å²) in [4.78, 5) is 23.3. The smallest absolute Gasteiger partial charge is 0.309 e. The van der Waals surface area contributed by atoms with Gasteiger partial charge < -0.3 is 9.47 Å². The molecule has 0 aromatic carbocycles. The Morgan fingerprint density at radius 2 is 1.32 bits per heavy atom. The van der Waals surface area contributed by atoms with Crippen LogP contribution in [0.5, 0.6) is 0 Å². The average Bonchev–Trinajstić information content (AvgIpc) is 2.46. The zero-order valence-electron chi connectivity index (χ0n) is 14.0. The van der Waals surface area contributed by atoms with E-state index in [1.807, 2.05) is 0 Å². The third-order valence-electron chi connectivity index (χ3n) is 3.38. The van der Waals surface area contributed by atoms with Crippen LogP contribution in [-0.4, -0.2) is 25.2 Å². The minimum Gasteiger partial charge on any atom is -0.466 e. The fourth-order valence-corrected chi connectivity index (χ4v) is 1.95. The maximum atomic E-state index is 11.7. The molecule has 4 heteroatoms. The van der Waals surface area contributed by atoms with Crippen LogP contribution in [-0.2, 0) is 19.1 Å². The minimum absolute atomic E-state index is 0. The van der Waals surface area contributed by atoms with Crippen molar-refractivity contribution in [1.82, 2.24) is 0 Å². The van der Waals surface area contributed by atoms with E-state index in [1.54, 1.807) is 6.92 Å². The number of carbonyl (C=O) groups excluding carboxylic acids is 2. The largest absolute Gasteiger partial charge is 0.466 e. The Balaban J connectivity index is 0. The van der Waals surface area contributed by atoms with Crippen LogP contribution in [0.15, 0.2) is 0 Å². The predicted octanol–water partition coefficient (Wildman–Crippen LogP) is 4.90. The molecule has 0 saturated heterocycles. The highest BCUT2D eigenvalue weighted by Gasteiger charge is 2.19. The van der Waals surface area contributed by atoms with Crippen molar-refractivity contribution in [1.29, 1.82) is 0 Å². The first kappa shape index (κ1) is 23.2. The highest BCUT2D eigenvalue weighted by molar-refractivity contribution is 5.79. The van der Waals surface area contributed by atoms with Crippen LogP contribution in [0.1, 0.15) is 86.0 Å². The molecule has 1 atom stereocenters. The molecule has 0 aliphatic rings. The van der Waals surface area contributed by atoms with E-state index in [2.05, 4.69) is 13.8 Å². The van der Waals surface area contributed by atoms with Gasteiger partial charge in [0.25, 0.3) is 0 Å². The van der Waals surface area contributed by atoms with Gasteiger partial charge in [0.1, 0.15) is 0 Å². The van der Waals surface area contributed by atoms with Crippen molar-refractivity contribution in [2.24, 2.45) is 5.92 Å². The summed E-state index contributed by atoms with van der Waals surface area (Å²) in [7, 11) is 0. The number of hydrogen-bond donors (Lipinski definition) is 0. The molecule has 0 bridgehead atoms. The lowest BCUT2D eigenvalue weighted by atomic mass is 10.1. The van der Waals surface area contributed by atoms with Crippen LogP contribution >= 0.6 is 0 Å². The van der Waals surface area contributed by atoms with Crippen LogP contribution in [0, 0.1) is 5.92 Å². The van der Waals surface area contributed by atoms with Crippen LogP contribution in [0.3, 0.4) is 0 Å². The Bertz CT molecular complexity index is 276. The Morgan fingerprint density at radius 1 is 0.818 bits per heavy atom. The first-order valence-electron chi connectivity index (χ1n) is 8.44. The van der Waals surface area contributed by atoms with Crippen molar-refractivity contribution in [3.8, 4) is 0 Å². The molecule has 0 aromatic heterocycles. The molecule has 4 nitrogen and oxygen atoms in total. The molecule has 0 saturated carbocycles. The first-order chi connectivity index (χ1) is 10.1. The van der Waals surface area contributed by atoms with E-state index in [0.29, 0.717) is 13.2 Å². The third kappa shape index (κ3) is 13.9. The molecule has 22 heavy (non-hydrogen) atoms. The summed E-state index contributed by atoms with van der Waals surface area (Å²) in [5, 5.41) is 0. The molecule has 0 aliphatic carbocycles. The Hall–Kier alpha value is -1.06. The second-order valence-electron chi connectivity index (χ2n) is 5.61. The molecule has 0 aliphatic heterocycles. The Morgan fingerprint density at radius 3 is 1.82 bits per heavy atom. The van der Waals surface area contributed by atoms with Gasteiger partial charge in [-0.25, -0.2) is 0 Å². The van der Waals surface area contributed by atoms with Crippen molar-refractivity contribution < 1.29 is 19.1 Å².